The number of carbonyl (C=O) groups is 1. The molecular weight excluding hydrogens is 204 g/mol. The van der Waals surface area contributed by atoms with Gasteiger partial charge in [-0.15, -0.1) is 0 Å². The molecule has 1 radical (unpaired) electrons. The number of amides is 1. The largest absolute Gasteiger partial charge is 0.363 e. The Kier molecular flexibility index (Phi) is 2.87. The van der Waals surface area contributed by atoms with Crippen LogP contribution in [0.3, 0.4) is 0 Å². The number of hydrogen-bond acceptors (Lipinski definition) is 4. The predicted octanol–water partition coefficient (Wildman–Crippen LogP) is 0.505. The van der Waals surface area contributed by atoms with E-state index in [2.05, 4.69) is 28.7 Å². The van der Waals surface area contributed by atoms with Crippen molar-refractivity contribution in [1.82, 2.24) is 14.9 Å². The van der Waals surface area contributed by atoms with Gasteiger partial charge in [-0.2, -0.15) is 0 Å². The second-order valence-corrected chi connectivity index (χ2v) is 4.38. The third-order valence-corrected chi connectivity index (χ3v) is 2.48. The van der Waals surface area contributed by atoms with Gasteiger partial charge in [0.15, 0.2) is 0 Å². The number of hydrogen-bond donors (Lipinski definition) is 1. The summed E-state index contributed by atoms with van der Waals surface area (Å²) < 4.78 is 0. The Bertz CT molecular complexity index is 416. The van der Waals surface area contributed by atoms with Crippen LogP contribution >= 0.6 is 0 Å². The van der Waals surface area contributed by atoms with E-state index in [0.29, 0.717) is 0 Å². The van der Waals surface area contributed by atoms with Gasteiger partial charge in [0.2, 0.25) is 5.82 Å². The van der Waals surface area contributed by atoms with E-state index in [-0.39, 0.29) is 5.82 Å². The zero-order valence-corrected chi connectivity index (χ0v) is 9.53. The molecule has 0 saturated heterocycles. The molecule has 0 atom stereocenters. The van der Waals surface area contributed by atoms with Crippen molar-refractivity contribution in [1.29, 1.82) is 0 Å². The molecule has 2 rings (SSSR count). The van der Waals surface area contributed by atoms with Gasteiger partial charge in [-0.3, -0.25) is 9.69 Å². The van der Waals surface area contributed by atoms with Gasteiger partial charge in [-0.25, -0.2) is 9.97 Å². The molecule has 85 valence electrons. The maximum Gasteiger partial charge on any atom is 0.286 e. The molecule has 1 aliphatic rings. The Labute approximate surface area is 94.7 Å². The molecule has 0 aromatic carbocycles. The fourth-order valence-electron chi connectivity index (χ4n) is 1.90. The zero-order chi connectivity index (χ0) is 11.7. The van der Waals surface area contributed by atoms with Crippen molar-refractivity contribution in [2.45, 2.75) is 26.9 Å². The molecule has 1 aromatic rings. The van der Waals surface area contributed by atoms with Crippen molar-refractivity contribution in [2.75, 3.05) is 6.54 Å². The lowest BCUT2D eigenvalue weighted by atomic mass is 10.2. The molecule has 1 amide bonds. The van der Waals surface area contributed by atoms with E-state index in [1.54, 1.807) is 6.20 Å². The fraction of sp³-hybridized carbons (Fsp3) is 0.455. The van der Waals surface area contributed by atoms with Crippen LogP contribution in [0, 0.1) is 5.92 Å². The summed E-state index contributed by atoms with van der Waals surface area (Å²) in [5.41, 5.74) is 7.15. The first-order valence-corrected chi connectivity index (χ1v) is 5.22. The molecule has 2 N–H and O–H groups in total. The molecule has 0 bridgehead atoms. The standard InChI is InChI=1S/C11H15N4O/c1-7(2)4-15-5-8-3-13-11(10(12)16)14-9(8)6-15/h3H,4-6H2,1-2H3,(H2,12,16). The normalized spacial score (nSPS) is 15.4. The molecule has 16 heavy (non-hydrogen) atoms. The van der Waals surface area contributed by atoms with Crippen LogP contribution in [0.1, 0.15) is 35.7 Å². The third kappa shape index (κ3) is 2.19. The second kappa shape index (κ2) is 4.17. The topological polar surface area (TPSA) is 72.1 Å². The number of aromatic nitrogens is 2. The fourth-order valence-corrected chi connectivity index (χ4v) is 1.90. The monoisotopic (exact) mass is 219 g/mol. The van der Waals surface area contributed by atoms with E-state index in [9.17, 15) is 4.79 Å². The van der Waals surface area contributed by atoms with Gasteiger partial charge in [0.05, 0.1) is 5.69 Å². The van der Waals surface area contributed by atoms with Crippen molar-refractivity contribution < 1.29 is 4.79 Å². The van der Waals surface area contributed by atoms with Crippen LogP contribution in [0.5, 0.6) is 0 Å². The Morgan fingerprint density at radius 2 is 2.25 bits per heavy atom. The van der Waals surface area contributed by atoms with Crippen LogP contribution in [0.15, 0.2) is 6.20 Å². The Balaban J connectivity index is 2.15. The Morgan fingerprint density at radius 1 is 1.50 bits per heavy atom. The first kappa shape index (κ1) is 11.0. The molecule has 1 aliphatic heterocycles. The smallest absolute Gasteiger partial charge is 0.286 e. The zero-order valence-electron chi connectivity index (χ0n) is 9.53. The average molecular weight is 219 g/mol. The second-order valence-electron chi connectivity index (χ2n) is 4.38. The van der Waals surface area contributed by atoms with Gasteiger partial charge < -0.3 is 5.73 Å². The summed E-state index contributed by atoms with van der Waals surface area (Å²) in [7, 11) is 0. The molecule has 0 aliphatic carbocycles. The summed E-state index contributed by atoms with van der Waals surface area (Å²) in [6, 6.07) is 0. The molecule has 0 unspecified atom stereocenters. The minimum atomic E-state index is -0.570. The maximum absolute atomic E-state index is 10.9. The lowest BCUT2D eigenvalue weighted by Gasteiger charge is -2.15. The van der Waals surface area contributed by atoms with E-state index in [1.807, 2.05) is 0 Å². The summed E-state index contributed by atoms with van der Waals surface area (Å²) in [6.07, 6.45) is 1.70. The highest BCUT2D eigenvalue weighted by atomic mass is 16.1. The third-order valence-electron chi connectivity index (χ3n) is 2.48. The highest BCUT2D eigenvalue weighted by molar-refractivity contribution is 5.88. The number of nitrogens with two attached hydrogens (primary N) is 1. The van der Waals surface area contributed by atoms with E-state index in [1.165, 1.54) is 5.92 Å². The van der Waals surface area contributed by atoms with Gasteiger partial charge >= 0.3 is 0 Å². The van der Waals surface area contributed by atoms with Crippen molar-refractivity contribution >= 4 is 5.91 Å². The van der Waals surface area contributed by atoms with Gasteiger partial charge in [-0.1, -0.05) is 13.8 Å². The van der Waals surface area contributed by atoms with Gasteiger partial charge in [0, 0.05) is 31.4 Å². The molecule has 2 heterocycles. The Morgan fingerprint density at radius 3 is 2.88 bits per heavy atom. The number of rotatable bonds is 3. The molecule has 0 spiro atoms. The van der Waals surface area contributed by atoms with Crippen LogP contribution in [-0.2, 0) is 13.1 Å². The minimum Gasteiger partial charge on any atom is -0.363 e. The molecule has 5 heteroatoms. The highest BCUT2D eigenvalue weighted by Gasteiger charge is 2.22. The minimum absolute atomic E-state index is 0.109. The van der Waals surface area contributed by atoms with Crippen LogP contribution in [0.25, 0.3) is 0 Å². The van der Waals surface area contributed by atoms with Crippen LogP contribution in [0.4, 0.5) is 0 Å². The lowest BCUT2D eigenvalue weighted by molar-refractivity contribution is 0.0990. The predicted molar refractivity (Wildman–Crippen MR) is 59.3 cm³/mol. The van der Waals surface area contributed by atoms with Gasteiger partial charge in [-0.05, 0) is 5.92 Å². The van der Waals surface area contributed by atoms with Gasteiger partial charge in [0.25, 0.3) is 5.91 Å². The SMILES string of the molecule is C[C](C)CN1Cc2cnc(C(N)=O)nc2C1. The van der Waals surface area contributed by atoms with Crippen LogP contribution in [-0.4, -0.2) is 27.3 Å². The maximum atomic E-state index is 10.9. The first-order valence-electron chi connectivity index (χ1n) is 5.22. The average Bonchev–Trinajstić information content (AvgIpc) is 2.56. The summed E-state index contributed by atoms with van der Waals surface area (Å²) in [5.74, 6) is 0.896. The molecule has 0 saturated carbocycles. The van der Waals surface area contributed by atoms with Gasteiger partial charge in [0.1, 0.15) is 0 Å². The summed E-state index contributed by atoms with van der Waals surface area (Å²) >= 11 is 0. The van der Waals surface area contributed by atoms with E-state index in [0.717, 1.165) is 30.9 Å². The number of nitrogens with zero attached hydrogens (tertiary/aromatic N) is 3. The van der Waals surface area contributed by atoms with Crippen molar-refractivity contribution in [2.24, 2.45) is 5.73 Å². The summed E-state index contributed by atoms with van der Waals surface area (Å²) in [5, 5.41) is 0. The van der Waals surface area contributed by atoms with E-state index in [4.69, 9.17) is 5.73 Å². The molecule has 5 nitrogen and oxygen atoms in total. The Hall–Kier alpha value is -1.49. The van der Waals surface area contributed by atoms with E-state index < -0.39 is 5.91 Å². The van der Waals surface area contributed by atoms with E-state index >= 15 is 0 Å². The van der Waals surface area contributed by atoms with Crippen molar-refractivity contribution in [3.05, 3.63) is 29.2 Å². The number of primary amides is 1. The highest BCUT2D eigenvalue weighted by Crippen LogP contribution is 2.21. The number of carbonyl (C=O) groups excluding carboxylic acids is 1. The summed E-state index contributed by atoms with van der Waals surface area (Å²) in [4.78, 5) is 21.3. The molecule has 1 aromatic heterocycles. The van der Waals surface area contributed by atoms with Crippen molar-refractivity contribution in [3.63, 3.8) is 0 Å². The molecule has 0 fully saturated rings. The van der Waals surface area contributed by atoms with Crippen LogP contribution in [0.2, 0.25) is 0 Å². The summed E-state index contributed by atoms with van der Waals surface area (Å²) in [6.45, 7) is 6.76. The van der Waals surface area contributed by atoms with Crippen LogP contribution < -0.4 is 5.73 Å². The molecular formula is C11H15N4O. The lowest BCUT2D eigenvalue weighted by Crippen LogP contribution is -2.20. The quantitative estimate of drug-likeness (QED) is 0.803. The number of fused-ring (bicyclic) bond motifs is 1. The van der Waals surface area contributed by atoms with Crippen molar-refractivity contribution in [3.8, 4) is 0 Å². The first-order chi connectivity index (χ1) is 7.56.